The van der Waals surface area contributed by atoms with Crippen LogP contribution in [0.15, 0.2) is 37.1 Å². The van der Waals surface area contributed by atoms with E-state index in [9.17, 15) is 9.59 Å². The number of rotatable bonds is 6. The Morgan fingerprint density at radius 1 is 1.13 bits per heavy atom. The van der Waals surface area contributed by atoms with Gasteiger partial charge in [0.1, 0.15) is 12.1 Å². The van der Waals surface area contributed by atoms with Gasteiger partial charge in [0.05, 0.1) is 17.1 Å². The van der Waals surface area contributed by atoms with E-state index in [4.69, 9.17) is 0 Å². The van der Waals surface area contributed by atoms with E-state index in [0.29, 0.717) is 18.7 Å². The summed E-state index contributed by atoms with van der Waals surface area (Å²) in [6.45, 7) is 1.26. The van der Waals surface area contributed by atoms with E-state index in [0.717, 1.165) is 43.5 Å². The first-order chi connectivity index (χ1) is 14.6. The van der Waals surface area contributed by atoms with Crippen molar-refractivity contribution in [1.82, 2.24) is 24.8 Å². The number of anilines is 1. The second kappa shape index (κ2) is 7.34. The lowest BCUT2D eigenvalue weighted by molar-refractivity contribution is -0.133. The summed E-state index contributed by atoms with van der Waals surface area (Å²) in [5, 5.41) is 3.47. The largest absolute Gasteiger partial charge is 0.360 e. The van der Waals surface area contributed by atoms with Crippen LogP contribution in [0.2, 0.25) is 0 Å². The fourth-order valence-electron chi connectivity index (χ4n) is 4.22. The SMILES string of the molecule is CN(C(=O)C1CC1)[C@H]1CCN(C(=O)c2ccc(NC3(c4cncnc4)CC3)nc2)C1. The molecule has 2 aromatic rings. The van der Waals surface area contributed by atoms with Gasteiger partial charge >= 0.3 is 0 Å². The zero-order valence-corrected chi connectivity index (χ0v) is 17.1. The number of hydrogen-bond donors (Lipinski definition) is 1. The Bertz CT molecular complexity index is 940. The van der Waals surface area contributed by atoms with Gasteiger partial charge in [0.2, 0.25) is 5.91 Å². The molecule has 1 aliphatic heterocycles. The van der Waals surface area contributed by atoms with E-state index >= 15 is 0 Å². The molecule has 2 aromatic heterocycles. The second-order valence-electron chi connectivity index (χ2n) is 8.68. The minimum absolute atomic E-state index is 0.0265. The molecule has 30 heavy (non-hydrogen) atoms. The Morgan fingerprint density at radius 2 is 1.90 bits per heavy atom. The van der Waals surface area contributed by atoms with Crippen molar-refractivity contribution < 1.29 is 9.59 Å². The van der Waals surface area contributed by atoms with Gasteiger partial charge in [-0.25, -0.2) is 15.0 Å². The van der Waals surface area contributed by atoms with E-state index in [1.54, 1.807) is 6.20 Å². The summed E-state index contributed by atoms with van der Waals surface area (Å²) in [5.74, 6) is 1.15. The molecule has 0 aromatic carbocycles. The Kier molecular flexibility index (Phi) is 4.64. The molecule has 2 aliphatic carbocycles. The third kappa shape index (κ3) is 3.62. The quantitative estimate of drug-likeness (QED) is 0.790. The molecule has 1 N–H and O–H groups in total. The fourth-order valence-corrected chi connectivity index (χ4v) is 4.22. The van der Waals surface area contributed by atoms with Crippen LogP contribution in [0.3, 0.4) is 0 Å². The van der Waals surface area contributed by atoms with Crippen molar-refractivity contribution in [3.63, 3.8) is 0 Å². The van der Waals surface area contributed by atoms with E-state index in [1.807, 2.05) is 41.4 Å². The number of nitrogens with one attached hydrogen (secondary N) is 1. The highest BCUT2D eigenvalue weighted by Gasteiger charge is 2.45. The summed E-state index contributed by atoms with van der Waals surface area (Å²) >= 11 is 0. The van der Waals surface area contributed by atoms with Crippen molar-refractivity contribution in [3.8, 4) is 0 Å². The number of likely N-dealkylation sites (N-methyl/N-ethyl adjacent to an activating group) is 1. The summed E-state index contributed by atoms with van der Waals surface area (Å²) in [6.07, 6.45) is 11.7. The topological polar surface area (TPSA) is 91.3 Å². The van der Waals surface area contributed by atoms with E-state index in [1.165, 1.54) is 6.33 Å². The summed E-state index contributed by atoms with van der Waals surface area (Å²) in [5.41, 5.74) is 1.48. The molecule has 3 heterocycles. The maximum absolute atomic E-state index is 12.9. The van der Waals surface area contributed by atoms with Crippen LogP contribution in [-0.4, -0.2) is 62.7 Å². The van der Waals surface area contributed by atoms with Gasteiger partial charge in [0, 0.05) is 50.2 Å². The maximum atomic E-state index is 12.9. The highest BCUT2D eigenvalue weighted by atomic mass is 16.2. The lowest BCUT2D eigenvalue weighted by atomic mass is 10.1. The Labute approximate surface area is 175 Å². The number of nitrogens with zero attached hydrogens (tertiary/aromatic N) is 5. The predicted molar refractivity (Wildman–Crippen MR) is 111 cm³/mol. The lowest BCUT2D eigenvalue weighted by Gasteiger charge is -2.25. The average Bonchev–Trinajstić information content (AvgIpc) is 3.72. The van der Waals surface area contributed by atoms with Crippen LogP contribution < -0.4 is 5.32 Å². The predicted octanol–water partition coefficient (Wildman–Crippen LogP) is 2.06. The van der Waals surface area contributed by atoms with Crippen LogP contribution in [0.1, 0.15) is 48.0 Å². The maximum Gasteiger partial charge on any atom is 0.255 e. The molecule has 0 bridgehead atoms. The summed E-state index contributed by atoms with van der Waals surface area (Å²) < 4.78 is 0. The van der Waals surface area contributed by atoms with Crippen LogP contribution in [0.4, 0.5) is 5.82 Å². The van der Waals surface area contributed by atoms with Crippen molar-refractivity contribution >= 4 is 17.6 Å². The van der Waals surface area contributed by atoms with Crippen molar-refractivity contribution in [2.75, 3.05) is 25.5 Å². The Morgan fingerprint density at radius 3 is 2.53 bits per heavy atom. The van der Waals surface area contributed by atoms with E-state index < -0.39 is 0 Å². The summed E-state index contributed by atoms with van der Waals surface area (Å²) in [4.78, 5) is 41.6. The molecule has 2 amide bonds. The number of aromatic nitrogens is 3. The zero-order chi connectivity index (χ0) is 20.7. The number of hydrogen-bond acceptors (Lipinski definition) is 6. The van der Waals surface area contributed by atoms with Gasteiger partial charge in [-0.1, -0.05) is 0 Å². The molecular formula is C22H26N6O2. The van der Waals surface area contributed by atoms with Gasteiger partial charge in [-0.15, -0.1) is 0 Å². The highest BCUT2D eigenvalue weighted by molar-refractivity contribution is 5.94. The van der Waals surface area contributed by atoms with Gasteiger partial charge < -0.3 is 15.1 Å². The van der Waals surface area contributed by atoms with Crippen molar-refractivity contribution in [1.29, 1.82) is 0 Å². The number of carbonyl (C=O) groups excluding carboxylic acids is 2. The molecule has 0 radical (unpaired) electrons. The van der Waals surface area contributed by atoms with Gasteiger partial charge in [0.25, 0.3) is 5.91 Å². The standard InChI is InChI=1S/C22H26N6O2/c1-27(20(29)15-2-3-15)18-6-9-28(13-18)21(30)16-4-5-19(25-10-16)26-22(7-8-22)17-11-23-14-24-12-17/h4-5,10-12,14-15,18H,2-3,6-9,13H2,1H3,(H,25,26)/t18-/m0/s1. The third-order valence-electron chi connectivity index (χ3n) is 6.51. The molecule has 156 valence electrons. The molecular weight excluding hydrogens is 380 g/mol. The van der Waals surface area contributed by atoms with Crippen LogP contribution >= 0.6 is 0 Å². The smallest absolute Gasteiger partial charge is 0.255 e. The first-order valence-electron chi connectivity index (χ1n) is 10.6. The highest BCUT2D eigenvalue weighted by Crippen LogP contribution is 2.47. The number of likely N-dealkylation sites (tertiary alicyclic amines) is 1. The Balaban J connectivity index is 1.21. The Hall–Kier alpha value is -3.03. The van der Waals surface area contributed by atoms with Crippen LogP contribution in [0, 0.1) is 5.92 Å². The molecule has 0 unspecified atom stereocenters. The van der Waals surface area contributed by atoms with Gasteiger partial charge in [0.15, 0.2) is 0 Å². The van der Waals surface area contributed by atoms with Crippen molar-refractivity contribution in [2.24, 2.45) is 5.92 Å². The van der Waals surface area contributed by atoms with Crippen LogP contribution in [0.5, 0.6) is 0 Å². The molecule has 0 spiro atoms. The average molecular weight is 406 g/mol. The molecule has 1 atom stereocenters. The van der Waals surface area contributed by atoms with Gasteiger partial charge in [-0.2, -0.15) is 0 Å². The van der Waals surface area contributed by atoms with Crippen molar-refractivity contribution in [2.45, 2.75) is 43.7 Å². The molecule has 2 saturated carbocycles. The minimum Gasteiger partial charge on any atom is -0.360 e. The normalized spacial score (nSPS) is 21.9. The first kappa shape index (κ1) is 19.0. The van der Waals surface area contributed by atoms with E-state index in [2.05, 4.69) is 20.3 Å². The van der Waals surface area contributed by atoms with Crippen LogP contribution in [0.25, 0.3) is 0 Å². The van der Waals surface area contributed by atoms with Gasteiger partial charge in [-0.3, -0.25) is 9.59 Å². The zero-order valence-electron chi connectivity index (χ0n) is 17.1. The molecule has 3 fully saturated rings. The molecule has 8 nitrogen and oxygen atoms in total. The number of carbonyl (C=O) groups is 2. The molecule has 3 aliphatic rings. The monoisotopic (exact) mass is 406 g/mol. The minimum atomic E-state index is -0.152. The molecule has 8 heteroatoms. The first-order valence-corrected chi connectivity index (χ1v) is 10.6. The number of pyridine rings is 1. The molecule has 5 rings (SSSR count). The second-order valence-corrected chi connectivity index (χ2v) is 8.68. The molecule has 1 saturated heterocycles. The van der Waals surface area contributed by atoms with Crippen LogP contribution in [-0.2, 0) is 10.3 Å². The lowest BCUT2D eigenvalue weighted by Crippen LogP contribution is -2.40. The third-order valence-corrected chi connectivity index (χ3v) is 6.51. The summed E-state index contributed by atoms with van der Waals surface area (Å²) in [6, 6.07) is 3.79. The fraction of sp³-hybridized carbons (Fsp3) is 0.500. The van der Waals surface area contributed by atoms with Crippen molar-refractivity contribution in [3.05, 3.63) is 48.2 Å². The summed E-state index contributed by atoms with van der Waals surface area (Å²) in [7, 11) is 1.87. The van der Waals surface area contributed by atoms with E-state index in [-0.39, 0.29) is 29.3 Å². The van der Waals surface area contributed by atoms with Gasteiger partial charge in [-0.05, 0) is 44.2 Å². The number of amides is 2.